The number of fused-ring (bicyclic) bond motifs is 2. The molecule has 1 saturated carbocycles. The lowest BCUT2D eigenvalue weighted by atomic mass is 9.56. The Morgan fingerprint density at radius 1 is 1.18 bits per heavy atom. The number of Topliss-reactive ketones (excluding diaryl/α,β-unsaturated/α-hetero) is 1. The van der Waals surface area contributed by atoms with Gasteiger partial charge in [-0.1, -0.05) is 37.1 Å². The van der Waals surface area contributed by atoms with E-state index in [0.29, 0.717) is 6.42 Å². The fourth-order valence-corrected chi connectivity index (χ4v) is 3.52. The number of hydrogen-bond acceptors (Lipinski definition) is 2. The van der Waals surface area contributed by atoms with E-state index in [2.05, 4.69) is 0 Å². The summed E-state index contributed by atoms with van der Waals surface area (Å²) in [5, 5.41) is 10.8. The maximum absolute atomic E-state index is 12.6. The van der Waals surface area contributed by atoms with Crippen LogP contribution < -0.4 is 0 Å². The predicted octanol–water partition coefficient (Wildman–Crippen LogP) is 2.74. The largest absolute Gasteiger partial charge is 0.388 e. The molecule has 0 saturated heterocycles. The number of hydrogen-bond donors (Lipinski definition) is 1. The van der Waals surface area contributed by atoms with Crippen molar-refractivity contribution in [2.75, 3.05) is 0 Å². The van der Waals surface area contributed by atoms with Gasteiger partial charge in [0, 0.05) is 12.0 Å². The Labute approximate surface area is 102 Å². The first-order chi connectivity index (χ1) is 8.07. The van der Waals surface area contributed by atoms with E-state index in [1.807, 2.05) is 31.2 Å². The van der Waals surface area contributed by atoms with Gasteiger partial charge in [0.2, 0.25) is 0 Å². The summed E-state index contributed by atoms with van der Waals surface area (Å²) >= 11 is 0. The first-order valence-corrected chi connectivity index (χ1v) is 6.42. The van der Waals surface area contributed by atoms with Crippen LogP contribution in [-0.2, 0) is 6.42 Å². The third-order valence-corrected chi connectivity index (χ3v) is 4.79. The van der Waals surface area contributed by atoms with Crippen molar-refractivity contribution in [1.29, 1.82) is 0 Å². The van der Waals surface area contributed by atoms with Crippen LogP contribution >= 0.6 is 0 Å². The molecule has 0 radical (unpaired) electrons. The summed E-state index contributed by atoms with van der Waals surface area (Å²) in [6.07, 6.45) is 4.28. The molecule has 1 aromatic carbocycles. The van der Waals surface area contributed by atoms with Crippen molar-refractivity contribution < 1.29 is 9.90 Å². The van der Waals surface area contributed by atoms with Crippen LogP contribution in [-0.4, -0.2) is 16.5 Å². The SMILES string of the molecule is CC12CCCCC1(O)Cc1ccccc1C2=O. The quantitative estimate of drug-likeness (QED) is 0.744. The molecule has 1 N–H and O–H groups in total. The second-order valence-corrected chi connectivity index (χ2v) is 5.73. The molecule has 1 aromatic rings. The number of benzene rings is 1. The third-order valence-electron chi connectivity index (χ3n) is 4.79. The average Bonchev–Trinajstić information content (AvgIpc) is 2.32. The Bertz CT molecular complexity index is 480. The lowest BCUT2D eigenvalue weighted by Gasteiger charge is -2.50. The lowest BCUT2D eigenvalue weighted by Crippen LogP contribution is -2.57. The Balaban J connectivity index is 2.17. The maximum Gasteiger partial charge on any atom is 0.171 e. The molecule has 2 aliphatic rings. The van der Waals surface area contributed by atoms with Crippen LogP contribution in [0.4, 0.5) is 0 Å². The highest BCUT2D eigenvalue weighted by Gasteiger charge is 2.56. The van der Waals surface area contributed by atoms with E-state index in [4.69, 9.17) is 0 Å². The number of carbonyl (C=O) groups is 1. The van der Waals surface area contributed by atoms with Gasteiger partial charge in [-0.05, 0) is 25.3 Å². The molecule has 17 heavy (non-hydrogen) atoms. The summed E-state index contributed by atoms with van der Waals surface area (Å²) in [7, 11) is 0. The van der Waals surface area contributed by atoms with Gasteiger partial charge in [-0.3, -0.25) is 4.79 Å². The molecule has 0 bridgehead atoms. The van der Waals surface area contributed by atoms with Crippen molar-refractivity contribution in [3.63, 3.8) is 0 Å². The molecule has 1 fully saturated rings. The molecule has 2 nitrogen and oxygen atoms in total. The Morgan fingerprint density at radius 3 is 2.71 bits per heavy atom. The van der Waals surface area contributed by atoms with Gasteiger partial charge in [-0.2, -0.15) is 0 Å². The Kier molecular flexibility index (Phi) is 2.21. The van der Waals surface area contributed by atoms with Crippen molar-refractivity contribution in [1.82, 2.24) is 0 Å². The minimum absolute atomic E-state index is 0.140. The summed E-state index contributed by atoms with van der Waals surface area (Å²) < 4.78 is 0. The molecule has 0 aromatic heterocycles. The van der Waals surface area contributed by atoms with Gasteiger partial charge in [0.05, 0.1) is 11.0 Å². The van der Waals surface area contributed by atoms with Crippen LogP contribution in [0, 0.1) is 5.41 Å². The van der Waals surface area contributed by atoms with Crippen molar-refractivity contribution in [3.8, 4) is 0 Å². The second kappa shape index (κ2) is 3.42. The molecular weight excluding hydrogens is 212 g/mol. The van der Waals surface area contributed by atoms with Gasteiger partial charge in [0.1, 0.15) is 0 Å². The molecule has 0 aliphatic heterocycles. The smallest absolute Gasteiger partial charge is 0.171 e. The van der Waals surface area contributed by atoms with Crippen LogP contribution in [0.15, 0.2) is 24.3 Å². The zero-order valence-electron chi connectivity index (χ0n) is 10.2. The van der Waals surface area contributed by atoms with E-state index in [-0.39, 0.29) is 5.78 Å². The molecule has 2 heteroatoms. The fourth-order valence-electron chi connectivity index (χ4n) is 3.52. The topological polar surface area (TPSA) is 37.3 Å². The predicted molar refractivity (Wildman–Crippen MR) is 66.0 cm³/mol. The zero-order chi connectivity index (χ0) is 12.1. The summed E-state index contributed by atoms with van der Waals surface area (Å²) in [6, 6.07) is 7.73. The molecule has 90 valence electrons. The van der Waals surface area contributed by atoms with E-state index in [1.54, 1.807) is 0 Å². The Hall–Kier alpha value is -1.15. The summed E-state index contributed by atoms with van der Waals surface area (Å²) in [4.78, 5) is 12.6. The first-order valence-electron chi connectivity index (χ1n) is 6.42. The van der Waals surface area contributed by atoms with Gasteiger partial charge in [0.25, 0.3) is 0 Å². The minimum Gasteiger partial charge on any atom is -0.388 e. The normalized spacial score (nSPS) is 36.2. The van der Waals surface area contributed by atoms with Crippen LogP contribution in [0.3, 0.4) is 0 Å². The summed E-state index contributed by atoms with van der Waals surface area (Å²) in [6.45, 7) is 1.95. The van der Waals surface area contributed by atoms with E-state index in [0.717, 1.165) is 36.8 Å². The molecule has 3 rings (SSSR count). The lowest BCUT2D eigenvalue weighted by molar-refractivity contribution is -0.0883. The van der Waals surface area contributed by atoms with E-state index < -0.39 is 11.0 Å². The second-order valence-electron chi connectivity index (χ2n) is 5.73. The van der Waals surface area contributed by atoms with Crippen molar-refractivity contribution in [2.45, 2.75) is 44.6 Å². The minimum atomic E-state index is -0.823. The third kappa shape index (κ3) is 1.34. The number of rotatable bonds is 0. The number of carbonyl (C=O) groups excluding carboxylic acids is 1. The van der Waals surface area contributed by atoms with Crippen LogP contribution in [0.25, 0.3) is 0 Å². The Morgan fingerprint density at radius 2 is 1.88 bits per heavy atom. The molecular formula is C15H18O2. The number of aliphatic hydroxyl groups is 1. The fraction of sp³-hybridized carbons (Fsp3) is 0.533. The molecule has 0 heterocycles. The first kappa shape index (κ1) is 11.0. The van der Waals surface area contributed by atoms with E-state index >= 15 is 0 Å². The highest BCUT2D eigenvalue weighted by molar-refractivity contribution is 6.03. The summed E-state index contributed by atoms with van der Waals surface area (Å²) in [5.74, 6) is 0.140. The highest BCUT2D eigenvalue weighted by Crippen LogP contribution is 2.51. The molecule has 2 unspecified atom stereocenters. The van der Waals surface area contributed by atoms with Crippen molar-refractivity contribution in [2.24, 2.45) is 5.41 Å². The van der Waals surface area contributed by atoms with Gasteiger partial charge in [0.15, 0.2) is 5.78 Å². The van der Waals surface area contributed by atoms with Gasteiger partial charge >= 0.3 is 0 Å². The van der Waals surface area contributed by atoms with Crippen LogP contribution in [0.1, 0.15) is 48.5 Å². The summed E-state index contributed by atoms with van der Waals surface area (Å²) in [5.41, 5.74) is 0.442. The molecule has 0 spiro atoms. The number of ketones is 1. The molecule has 0 amide bonds. The van der Waals surface area contributed by atoms with Crippen molar-refractivity contribution in [3.05, 3.63) is 35.4 Å². The van der Waals surface area contributed by atoms with E-state index in [1.165, 1.54) is 0 Å². The average molecular weight is 230 g/mol. The van der Waals surface area contributed by atoms with Gasteiger partial charge < -0.3 is 5.11 Å². The molecule has 2 atom stereocenters. The maximum atomic E-state index is 12.6. The van der Waals surface area contributed by atoms with Gasteiger partial charge in [-0.15, -0.1) is 0 Å². The zero-order valence-corrected chi connectivity index (χ0v) is 10.2. The molecule has 2 aliphatic carbocycles. The van der Waals surface area contributed by atoms with E-state index in [9.17, 15) is 9.90 Å². The van der Waals surface area contributed by atoms with Crippen molar-refractivity contribution >= 4 is 5.78 Å². The van der Waals surface area contributed by atoms with Crippen LogP contribution in [0.5, 0.6) is 0 Å². The monoisotopic (exact) mass is 230 g/mol. The van der Waals surface area contributed by atoms with Crippen LogP contribution in [0.2, 0.25) is 0 Å². The van der Waals surface area contributed by atoms with Gasteiger partial charge in [-0.25, -0.2) is 0 Å². The standard InChI is InChI=1S/C15H18O2/c1-14-8-4-5-9-15(14,17)10-11-6-2-3-7-12(11)13(14)16/h2-3,6-7,17H,4-5,8-10H2,1H3. The highest BCUT2D eigenvalue weighted by atomic mass is 16.3.